The highest BCUT2D eigenvalue weighted by atomic mass is 19.4. The molecule has 1 aromatic carbocycles. The molecule has 5 heteroatoms. The van der Waals surface area contributed by atoms with Crippen molar-refractivity contribution in [3.8, 4) is 11.5 Å². The lowest BCUT2D eigenvalue weighted by molar-refractivity contribution is -0.153. The van der Waals surface area contributed by atoms with E-state index in [0.29, 0.717) is 6.61 Å². The smallest absolute Gasteiger partial charge is 0.422 e. The molecule has 0 fully saturated rings. The van der Waals surface area contributed by atoms with Gasteiger partial charge in [-0.25, -0.2) is 0 Å². The summed E-state index contributed by atoms with van der Waals surface area (Å²) in [5.41, 5.74) is 0.757. The standard InChI is InChI=1S/C12H13F3O2/c1-3-9-5-6-10(11(7-9)16-4-2)17-8-12(13,14)15/h3,5-7H,1,4,8H2,2H3. The molecule has 0 N–H and O–H groups in total. The summed E-state index contributed by atoms with van der Waals surface area (Å²) in [6, 6.07) is 4.64. The predicted molar refractivity (Wildman–Crippen MR) is 59.3 cm³/mol. The Balaban J connectivity index is 2.86. The van der Waals surface area contributed by atoms with Gasteiger partial charge < -0.3 is 9.47 Å². The molecule has 1 rings (SSSR count). The summed E-state index contributed by atoms with van der Waals surface area (Å²) in [6.07, 6.45) is -2.78. The van der Waals surface area contributed by atoms with E-state index in [1.54, 1.807) is 25.1 Å². The number of hydrogen-bond acceptors (Lipinski definition) is 2. The van der Waals surface area contributed by atoms with Crippen LogP contribution in [0.15, 0.2) is 24.8 Å². The Morgan fingerprint density at radius 3 is 2.47 bits per heavy atom. The molecule has 2 nitrogen and oxygen atoms in total. The molecular weight excluding hydrogens is 233 g/mol. The zero-order chi connectivity index (χ0) is 12.9. The Hall–Kier alpha value is -1.65. The average Bonchev–Trinajstić information content (AvgIpc) is 2.26. The van der Waals surface area contributed by atoms with E-state index in [1.165, 1.54) is 6.07 Å². The zero-order valence-electron chi connectivity index (χ0n) is 9.38. The third-order valence-corrected chi connectivity index (χ3v) is 1.89. The molecule has 0 spiro atoms. The van der Waals surface area contributed by atoms with Gasteiger partial charge in [-0.15, -0.1) is 0 Å². The van der Waals surface area contributed by atoms with E-state index in [4.69, 9.17) is 4.74 Å². The fourth-order valence-corrected chi connectivity index (χ4v) is 1.20. The fourth-order valence-electron chi connectivity index (χ4n) is 1.20. The van der Waals surface area contributed by atoms with Crippen LogP contribution in [0.4, 0.5) is 13.2 Å². The molecule has 94 valence electrons. The minimum absolute atomic E-state index is 0.0785. The van der Waals surface area contributed by atoms with E-state index >= 15 is 0 Å². The number of alkyl halides is 3. The Bertz CT molecular complexity index is 386. The van der Waals surface area contributed by atoms with Crippen LogP contribution in [-0.4, -0.2) is 19.4 Å². The van der Waals surface area contributed by atoms with Crippen LogP contribution in [-0.2, 0) is 0 Å². The topological polar surface area (TPSA) is 18.5 Å². The summed E-state index contributed by atoms with van der Waals surface area (Å²) in [7, 11) is 0. The van der Waals surface area contributed by atoms with Crippen LogP contribution >= 0.6 is 0 Å². The number of halogens is 3. The van der Waals surface area contributed by atoms with Gasteiger partial charge in [0.2, 0.25) is 0 Å². The molecule has 0 aromatic heterocycles. The fraction of sp³-hybridized carbons (Fsp3) is 0.333. The van der Waals surface area contributed by atoms with Gasteiger partial charge in [-0.05, 0) is 24.6 Å². The minimum atomic E-state index is -4.36. The highest BCUT2D eigenvalue weighted by Gasteiger charge is 2.28. The van der Waals surface area contributed by atoms with E-state index in [1.807, 2.05) is 0 Å². The lowest BCUT2D eigenvalue weighted by Gasteiger charge is -2.13. The van der Waals surface area contributed by atoms with Crippen molar-refractivity contribution in [2.75, 3.05) is 13.2 Å². The Morgan fingerprint density at radius 1 is 1.24 bits per heavy atom. The van der Waals surface area contributed by atoms with Gasteiger partial charge in [0, 0.05) is 0 Å². The quantitative estimate of drug-likeness (QED) is 0.789. The lowest BCUT2D eigenvalue weighted by atomic mass is 10.2. The van der Waals surface area contributed by atoms with Crippen LogP contribution in [0.1, 0.15) is 12.5 Å². The van der Waals surface area contributed by atoms with Crippen LogP contribution in [0.5, 0.6) is 11.5 Å². The van der Waals surface area contributed by atoms with Crippen LogP contribution < -0.4 is 9.47 Å². The van der Waals surface area contributed by atoms with Crippen LogP contribution in [0, 0.1) is 0 Å². The third kappa shape index (κ3) is 4.38. The maximum atomic E-state index is 12.0. The molecule has 0 bridgehead atoms. The van der Waals surface area contributed by atoms with Crippen molar-refractivity contribution in [1.82, 2.24) is 0 Å². The van der Waals surface area contributed by atoms with E-state index in [0.717, 1.165) is 5.56 Å². The summed E-state index contributed by atoms with van der Waals surface area (Å²) in [5.74, 6) is 0.365. The van der Waals surface area contributed by atoms with Crippen molar-refractivity contribution in [3.05, 3.63) is 30.3 Å². The molecule has 0 atom stereocenters. The normalized spacial score (nSPS) is 11.1. The first kappa shape index (κ1) is 13.4. The highest BCUT2D eigenvalue weighted by Crippen LogP contribution is 2.30. The molecular formula is C12H13F3O2. The van der Waals surface area contributed by atoms with Crippen molar-refractivity contribution in [1.29, 1.82) is 0 Å². The maximum absolute atomic E-state index is 12.0. The molecule has 0 heterocycles. The molecule has 0 aliphatic rings. The summed E-state index contributed by atoms with van der Waals surface area (Å²) < 4.78 is 45.9. The van der Waals surface area contributed by atoms with Gasteiger partial charge in [0.15, 0.2) is 18.1 Å². The van der Waals surface area contributed by atoms with Crippen LogP contribution in [0.3, 0.4) is 0 Å². The first-order chi connectivity index (χ1) is 7.96. The molecule has 1 aromatic rings. The molecule has 0 saturated heterocycles. The van der Waals surface area contributed by atoms with Gasteiger partial charge in [-0.2, -0.15) is 13.2 Å². The van der Waals surface area contributed by atoms with Crippen LogP contribution in [0.25, 0.3) is 6.08 Å². The SMILES string of the molecule is C=Cc1ccc(OCC(F)(F)F)c(OCC)c1. The summed E-state index contributed by atoms with van der Waals surface area (Å²) in [5, 5.41) is 0. The van der Waals surface area contributed by atoms with Gasteiger partial charge in [0.25, 0.3) is 0 Å². The van der Waals surface area contributed by atoms with Gasteiger partial charge in [-0.1, -0.05) is 18.7 Å². The first-order valence-corrected chi connectivity index (χ1v) is 5.05. The van der Waals surface area contributed by atoms with Crippen molar-refractivity contribution < 1.29 is 22.6 Å². The van der Waals surface area contributed by atoms with E-state index in [2.05, 4.69) is 11.3 Å². The van der Waals surface area contributed by atoms with Crippen molar-refractivity contribution in [2.24, 2.45) is 0 Å². The van der Waals surface area contributed by atoms with Crippen molar-refractivity contribution in [3.63, 3.8) is 0 Å². The van der Waals surface area contributed by atoms with Crippen molar-refractivity contribution >= 4 is 6.08 Å². The summed E-state index contributed by atoms with van der Waals surface area (Å²) >= 11 is 0. The number of hydrogen-bond donors (Lipinski definition) is 0. The molecule has 0 radical (unpaired) electrons. The van der Waals surface area contributed by atoms with Gasteiger partial charge >= 0.3 is 6.18 Å². The molecule has 0 amide bonds. The van der Waals surface area contributed by atoms with E-state index in [9.17, 15) is 13.2 Å². The number of rotatable bonds is 5. The molecule has 0 aliphatic carbocycles. The maximum Gasteiger partial charge on any atom is 0.422 e. The van der Waals surface area contributed by atoms with E-state index < -0.39 is 12.8 Å². The lowest BCUT2D eigenvalue weighted by Crippen LogP contribution is -2.19. The predicted octanol–water partition coefficient (Wildman–Crippen LogP) is 3.67. The summed E-state index contributed by atoms with van der Waals surface area (Å²) in [4.78, 5) is 0. The minimum Gasteiger partial charge on any atom is -0.490 e. The first-order valence-electron chi connectivity index (χ1n) is 5.05. The number of ether oxygens (including phenoxy) is 2. The molecule has 0 saturated carbocycles. The average molecular weight is 246 g/mol. The summed E-state index contributed by atoms with van der Waals surface area (Å²) in [6.45, 7) is 4.33. The number of benzene rings is 1. The van der Waals surface area contributed by atoms with Gasteiger partial charge in [0.05, 0.1) is 6.61 Å². The zero-order valence-corrected chi connectivity index (χ0v) is 9.38. The Morgan fingerprint density at radius 2 is 1.94 bits per heavy atom. The highest BCUT2D eigenvalue weighted by molar-refractivity contribution is 5.54. The van der Waals surface area contributed by atoms with Crippen LogP contribution in [0.2, 0.25) is 0 Å². The van der Waals surface area contributed by atoms with Gasteiger partial charge in [-0.3, -0.25) is 0 Å². The van der Waals surface area contributed by atoms with Gasteiger partial charge in [0.1, 0.15) is 0 Å². The second-order valence-corrected chi connectivity index (χ2v) is 3.25. The molecule has 0 aliphatic heterocycles. The third-order valence-electron chi connectivity index (χ3n) is 1.89. The monoisotopic (exact) mass is 246 g/mol. The van der Waals surface area contributed by atoms with Crippen molar-refractivity contribution in [2.45, 2.75) is 13.1 Å². The largest absolute Gasteiger partial charge is 0.490 e. The second-order valence-electron chi connectivity index (χ2n) is 3.25. The second kappa shape index (κ2) is 5.61. The molecule has 0 unspecified atom stereocenters. The Labute approximate surface area is 97.7 Å². The molecule has 17 heavy (non-hydrogen) atoms. The van der Waals surface area contributed by atoms with E-state index in [-0.39, 0.29) is 11.5 Å². The Kier molecular flexibility index (Phi) is 4.43.